The number of morpholine rings is 1. The molecule has 24 heavy (non-hydrogen) atoms. The molecule has 0 amide bonds. The van der Waals surface area contributed by atoms with E-state index in [4.69, 9.17) is 4.74 Å². The second-order valence-electron chi connectivity index (χ2n) is 6.10. The average molecular weight is 338 g/mol. The highest BCUT2D eigenvalue weighted by Gasteiger charge is 2.17. The van der Waals surface area contributed by atoms with Crippen LogP contribution >= 0.6 is 11.3 Å². The van der Waals surface area contributed by atoms with E-state index in [1.165, 1.54) is 26.7 Å². The van der Waals surface area contributed by atoms with E-state index in [1.807, 2.05) is 5.51 Å². The van der Waals surface area contributed by atoms with Crippen molar-refractivity contribution in [1.29, 1.82) is 0 Å². The number of aromatic amines is 1. The van der Waals surface area contributed by atoms with Gasteiger partial charge in [0, 0.05) is 24.2 Å². The molecule has 0 saturated carbocycles. The highest BCUT2D eigenvalue weighted by atomic mass is 32.1. The Hall–Kier alpha value is -2.31. The van der Waals surface area contributed by atoms with Crippen LogP contribution in [0, 0.1) is 0 Å². The molecule has 0 unspecified atom stereocenters. The summed E-state index contributed by atoms with van der Waals surface area (Å²) in [7, 11) is 0. The van der Waals surface area contributed by atoms with Crippen molar-refractivity contribution < 1.29 is 4.74 Å². The van der Waals surface area contributed by atoms with Crippen LogP contribution in [-0.2, 0) is 11.2 Å². The van der Waals surface area contributed by atoms with Gasteiger partial charge in [-0.05, 0) is 17.2 Å². The summed E-state index contributed by atoms with van der Waals surface area (Å²) in [5.74, 6) is 0. The first-order valence-corrected chi connectivity index (χ1v) is 9.09. The normalized spacial score (nSPS) is 15.6. The van der Waals surface area contributed by atoms with E-state index in [0.717, 1.165) is 38.4 Å². The summed E-state index contributed by atoms with van der Waals surface area (Å²) >= 11 is 1.70. The third-order valence-corrected chi connectivity index (χ3v) is 5.59. The summed E-state index contributed by atoms with van der Waals surface area (Å²) in [5.41, 5.74) is 6.84. The van der Waals surface area contributed by atoms with E-state index in [1.54, 1.807) is 11.3 Å². The minimum atomic E-state index is 0.793. The van der Waals surface area contributed by atoms with Crippen LogP contribution in [0.5, 0.6) is 0 Å². The summed E-state index contributed by atoms with van der Waals surface area (Å²) < 4.78 is 9.07. The van der Waals surface area contributed by atoms with Gasteiger partial charge in [-0.1, -0.05) is 18.2 Å². The Bertz CT molecular complexity index is 993. The molecular formula is C18H18N4OS. The largest absolute Gasteiger partial charge is 0.378 e. The fourth-order valence-electron chi connectivity index (χ4n) is 3.51. The minimum Gasteiger partial charge on any atom is -0.378 e. The molecule has 3 aromatic heterocycles. The van der Waals surface area contributed by atoms with E-state index in [9.17, 15) is 0 Å². The maximum atomic E-state index is 5.50. The van der Waals surface area contributed by atoms with E-state index in [-0.39, 0.29) is 0 Å². The lowest BCUT2D eigenvalue weighted by molar-refractivity contribution is 0.112. The van der Waals surface area contributed by atoms with Crippen molar-refractivity contribution in [3.05, 3.63) is 53.3 Å². The summed E-state index contributed by atoms with van der Waals surface area (Å²) in [4.78, 5) is 7.63. The van der Waals surface area contributed by atoms with Gasteiger partial charge < -0.3 is 14.7 Å². The molecule has 0 bridgehead atoms. The van der Waals surface area contributed by atoms with E-state index in [2.05, 4.69) is 56.3 Å². The number of thiazole rings is 1. The van der Waals surface area contributed by atoms with Crippen LogP contribution in [0.15, 0.2) is 42.2 Å². The van der Waals surface area contributed by atoms with Crippen molar-refractivity contribution in [2.24, 2.45) is 0 Å². The molecule has 1 aliphatic rings. The molecule has 5 rings (SSSR count). The van der Waals surface area contributed by atoms with Gasteiger partial charge in [-0.25, -0.2) is 4.98 Å². The van der Waals surface area contributed by atoms with Gasteiger partial charge in [-0.3, -0.25) is 4.68 Å². The third-order valence-electron chi connectivity index (χ3n) is 4.69. The molecule has 6 heteroatoms. The number of nitrogens with zero attached hydrogens (tertiary/aromatic N) is 3. The third kappa shape index (κ3) is 2.22. The summed E-state index contributed by atoms with van der Waals surface area (Å²) in [6, 6.07) is 8.65. The van der Waals surface area contributed by atoms with Crippen molar-refractivity contribution >= 4 is 32.6 Å². The van der Waals surface area contributed by atoms with E-state index in [0.29, 0.717) is 0 Å². The number of para-hydroxylation sites is 1. The Kier molecular flexibility index (Phi) is 3.31. The van der Waals surface area contributed by atoms with Crippen LogP contribution in [0.4, 0.5) is 0 Å². The highest BCUT2D eigenvalue weighted by Crippen LogP contribution is 2.28. The number of benzene rings is 1. The maximum Gasteiger partial charge on any atom is 0.148 e. The lowest BCUT2D eigenvalue weighted by Gasteiger charge is -2.30. The number of aromatic nitrogens is 3. The van der Waals surface area contributed by atoms with Gasteiger partial charge >= 0.3 is 0 Å². The molecule has 0 spiro atoms. The Labute approximate surface area is 143 Å². The predicted molar refractivity (Wildman–Crippen MR) is 97.5 cm³/mol. The number of hydrogen-bond acceptors (Lipinski definition) is 4. The van der Waals surface area contributed by atoms with E-state index >= 15 is 0 Å². The molecule has 5 nitrogen and oxygen atoms in total. The number of rotatable bonds is 3. The first kappa shape index (κ1) is 14.1. The summed E-state index contributed by atoms with van der Waals surface area (Å²) in [5, 5.41) is 3.69. The van der Waals surface area contributed by atoms with Crippen molar-refractivity contribution in [2.45, 2.75) is 6.42 Å². The Morgan fingerprint density at radius 2 is 2.04 bits per heavy atom. The quantitative estimate of drug-likeness (QED) is 0.624. The van der Waals surface area contributed by atoms with Gasteiger partial charge in [0.1, 0.15) is 5.65 Å². The van der Waals surface area contributed by atoms with Crippen molar-refractivity contribution in [1.82, 2.24) is 14.6 Å². The number of nitrogens with one attached hydrogen (secondary N) is 1. The standard InChI is InChI=1S/C18H18N4OS/c1-2-4-16-15(3-1)14(11-22(16)21-5-7-23-8-6-21)9-13-10-19-18-17(13)24-12-20-18/h1-4,10-12,19H,5-9H2. The Balaban J connectivity index is 1.59. The van der Waals surface area contributed by atoms with Crippen molar-refractivity contribution in [3.63, 3.8) is 0 Å². The number of hydrogen-bond donors (Lipinski definition) is 1. The molecule has 1 aromatic carbocycles. The lowest BCUT2D eigenvalue weighted by atomic mass is 10.1. The molecule has 0 atom stereocenters. The zero-order chi connectivity index (χ0) is 15.9. The van der Waals surface area contributed by atoms with Crippen LogP contribution in [0.2, 0.25) is 0 Å². The van der Waals surface area contributed by atoms with Crippen molar-refractivity contribution in [2.75, 3.05) is 31.3 Å². The topological polar surface area (TPSA) is 46.1 Å². The van der Waals surface area contributed by atoms with Crippen LogP contribution < -0.4 is 5.01 Å². The molecule has 1 fully saturated rings. The average Bonchev–Trinajstić information content (AvgIpc) is 3.32. The van der Waals surface area contributed by atoms with Gasteiger partial charge in [0.05, 0.1) is 42.0 Å². The lowest BCUT2D eigenvalue weighted by Crippen LogP contribution is -2.43. The molecule has 1 saturated heterocycles. The SMILES string of the molecule is c1ccc2c(c1)c(Cc1c[nH]c3ncsc13)cn2N1CCOCC1. The zero-order valence-electron chi connectivity index (χ0n) is 13.2. The second kappa shape index (κ2) is 5.65. The van der Waals surface area contributed by atoms with Crippen LogP contribution in [0.1, 0.15) is 11.1 Å². The first-order chi connectivity index (χ1) is 11.9. The summed E-state index contributed by atoms with van der Waals surface area (Å²) in [6.45, 7) is 3.45. The molecule has 0 aliphatic carbocycles. The number of H-pyrrole nitrogens is 1. The van der Waals surface area contributed by atoms with Gasteiger partial charge in [0.15, 0.2) is 0 Å². The zero-order valence-corrected chi connectivity index (χ0v) is 14.1. The Morgan fingerprint density at radius 1 is 1.17 bits per heavy atom. The van der Waals surface area contributed by atoms with E-state index < -0.39 is 0 Å². The predicted octanol–water partition coefficient (Wildman–Crippen LogP) is 3.14. The second-order valence-corrected chi connectivity index (χ2v) is 6.96. The molecule has 122 valence electrons. The van der Waals surface area contributed by atoms with Crippen LogP contribution in [-0.4, -0.2) is 40.9 Å². The monoisotopic (exact) mass is 338 g/mol. The van der Waals surface area contributed by atoms with Gasteiger partial charge in [0.2, 0.25) is 0 Å². The van der Waals surface area contributed by atoms with Crippen molar-refractivity contribution in [3.8, 4) is 0 Å². The number of fused-ring (bicyclic) bond motifs is 2. The molecule has 0 radical (unpaired) electrons. The maximum absolute atomic E-state index is 5.50. The Morgan fingerprint density at radius 3 is 2.96 bits per heavy atom. The van der Waals surface area contributed by atoms with Crippen LogP contribution in [0.25, 0.3) is 21.3 Å². The smallest absolute Gasteiger partial charge is 0.148 e. The fourth-order valence-corrected chi connectivity index (χ4v) is 4.28. The van der Waals surface area contributed by atoms with Gasteiger partial charge in [0.25, 0.3) is 0 Å². The molecule has 1 aliphatic heterocycles. The molecule has 1 N–H and O–H groups in total. The van der Waals surface area contributed by atoms with Gasteiger partial charge in [-0.15, -0.1) is 11.3 Å². The molecule has 4 heterocycles. The van der Waals surface area contributed by atoms with Gasteiger partial charge in [-0.2, -0.15) is 0 Å². The molecule has 4 aromatic rings. The fraction of sp³-hybridized carbons (Fsp3) is 0.278. The van der Waals surface area contributed by atoms with Crippen LogP contribution in [0.3, 0.4) is 0 Å². The number of ether oxygens (including phenoxy) is 1. The summed E-state index contributed by atoms with van der Waals surface area (Å²) in [6.07, 6.45) is 5.30. The minimum absolute atomic E-state index is 0.793. The highest BCUT2D eigenvalue weighted by molar-refractivity contribution is 7.16. The molecular weight excluding hydrogens is 320 g/mol. The first-order valence-electron chi connectivity index (χ1n) is 8.21.